The van der Waals surface area contributed by atoms with Gasteiger partial charge in [0.1, 0.15) is 0 Å². The monoisotopic (exact) mass is 374 g/mol. The highest BCUT2D eigenvalue weighted by molar-refractivity contribution is 7.71. The van der Waals surface area contributed by atoms with E-state index in [1.165, 1.54) is 4.57 Å². The zero-order valence-corrected chi connectivity index (χ0v) is 16.0. The van der Waals surface area contributed by atoms with E-state index >= 15 is 0 Å². The van der Waals surface area contributed by atoms with E-state index in [4.69, 9.17) is 12.2 Å². The number of rotatable bonds is 6. The molecule has 2 N–H and O–H groups in total. The van der Waals surface area contributed by atoms with Crippen LogP contribution in [-0.2, 0) is 11.3 Å². The number of hydrogen-bond acceptors (Lipinski definition) is 4. The Bertz CT molecular complexity index is 881. The largest absolute Gasteiger partial charge is 0.353 e. The number of piperidine rings is 1. The molecule has 0 radical (unpaired) electrons. The van der Waals surface area contributed by atoms with Crippen molar-refractivity contribution in [2.24, 2.45) is 0 Å². The van der Waals surface area contributed by atoms with Gasteiger partial charge in [0.15, 0.2) is 4.77 Å². The first-order chi connectivity index (χ1) is 12.6. The number of fused-ring (bicyclic) bond motifs is 1. The summed E-state index contributed by atoms with van der Waals surface area (Å²) in [6, 6.07) is 7.51. The first-order valence-corrected chi connectivity index (χ1v) is 9.73. The summed E-state index contributed by atoms with van der Waals surface area (Å²) in [5, 5.41) is 3.69. The van der Waals surface area contributed by atoms with E-state index in [9.17, 15) is 9.59 Å². The van der Waals surface area contributed by atoms with Crippen molar-refractivity contribution in [1.29, 1.82) is 0 Å². The molecule has 1 fully saturated rings. The van der Waals surface area contributed by atoms with Crippen LogP contribution in [0.25, 0.3) is 10.9 Å². The van der Waals surface area contributed by atoms with Gasteiger partial charge in [-0.3, -0.25) is 14.2 Å². The first kappa shape index (κ1) is 18.8. The highest BCUT2D eigenvalue weighted by atomic mass is 32.1. The Morgan fingerprint density at radius 3 is 2.73 bits per heavy atom. The molecule has 1 aromatic carbocycles. The average Bonchev–Trinajstić information content (AvgIpc) is 2.63. The molecule has 26 heavy (non-hydrogen) atoms. The maximum Gasteiger partial charge on any atom is 0.262 e. The Kier molecular flexibility index (Phi) is 6.21. The Morgan fingerprint density at radius 2 is 2.00 bits per heavy atom. The molecule has 0 aliphatic carbocycles. The second-order valence-corrected chi connectivity index (χ2v) is 7.25. The summed E-state index contributed by atoms with van der Waals surface area (Å²) < 4.78 is 1.83. The Labute approximate surface area is 158 Å². The van der Waals surface area contributed by atoms with E-state index < -0.39 is 0 Å². The van der Waals surface area contributed by atoms with Crippen LogP contribution in [0.3, 0.4) is 0 Å². The molecule has 1 aliphatic rings. The fourth-order valence-corrected chi connectivity index (χ4v) is 3.82. The lowest BCUT2D eigenvalue weighted by atomic mass is 10.0. The van der Waals surface area contributed by atoms with Gasteiger partial charge in [0.2, 0.25) is 5.91 Å². The lowest BCUT2D eigenvalue weighted by molar-refractivity contribution is -0.122. The van der Waals surface area contributed by atoms with Crippen LogP contribution in [0.2, 0.25) is 0 Å². The zero-order chi connectivity index (χ0) is 18.5. The molecule has 2 aromatic rings. The molecule has 0 bridgehead atoms. The highest BCUT2D eigenvalue weighted by Gasteiger charge is 2.20. The van der Waals surface area contributed by atoms with Crippen molar-refractivity contribution in [3.63, 3.8) is 0 Å². The normalized spacial score (nSPS) is 16.0. The molecule has 0 saturated carbocycles. The lowest BCUT2D eigenvalue weighted by Gasteiger charge is -2.32. The lowest BCUT2D eigenvalue weighted by Crippen LogP contribution is -2.45. The quantitative estimate of drug-likeness (QED) is 0.762. The van der Waals surface area contributed by atoms with Crippen LogP contribution in [0.5, 0.6) is 0 Å². The number of H-pyrrole nitrogens is 1. The van der Waals surface area contributed by atoms with Crippen LogP contribution >= 0.6 is 12.2 Å². The SMILES string of the molecule is CCCN1CCC(NC(=O)CCn2c(=S)[nH]c3ccccc3c2=O)CC1. The standard InChI is InChI=1S/C19H26N4O2S/c1-2-10-22-11-7-14(8-12-22)20-17(24)9-13-23-18(25)15-5-3-4-6-16(15)21-19(23)26/h3-6,14H,2,7-13H2,1H3,(H,20,24)(H,21,26). The summed E-state index contributed by atoms with van der Waals surface area (Å²) in [5.41, 5.74) is 0.576. The van der Waals surface area contributed by atoms with Crippen molar-refractivity contribution in [3.05, 3.63) is 39.4 Å². The molecule has 6 nitrogen and oxygen atoms in total. The number of amides is 1. The van der Waals surface area contributed by atoms with E-state index in [1.54, 1.807) is 6.07 Å². The third-order valence-electron chi connectivity index (χ3n) is 4.94. The number of nitrogens with one attached hydrogen (secondary N) is 2. The minimum Gasteiger partial charge on any atom is -0.353 e. The van der Waals surface area contributed by atoms with Gasteiger partial charge < -0.3 is 15.2 Å². The Balaban J connectivity index is 1.58. The molecular formula is C19H26N4O2S. The van der Waals surface area contributed by atoms with Crippen molar-refractivity contribution in [3.8, 4) is 0 Å². The molecule has 3 rings (SSSR count). The highest BCUT2D eigenvalue weighted by Crippen LogP contribution is 2.11. The number of nitrogens with zero attached hydrogens (tertiary/aromatic N) is 2. The summed E-state index contributed by atoms with van der Waals surface area (Å²) in [6.07, 6.45) is 3.40. The third-order valence-corrected chi connectivity index (χ3v) is 5.27. The summed E-state index contributed by atoms with van der Waals surface area (Å²) >= 11 is 5.29. The smallest absolute Gasteiger partial charge is 0.262 e. The van der Waals surface area contributed by atoms with Gasteiger partial charge in [-0.05, 0) is 50.2 Å². The average molecular weight is 375 g/mol. The first-order valence-electron chi connectivity index (χ1n) is 9.32. The van der Waals surface area contributed by atoms with E-state index in [1.807, 2.05) is 18.2 Å². The number of hydrogen-bond donors (Lipinski definition) is 2. The minimum atomic E-state index is -0.148. The van der Waals surface area contributed by atoms with Crippen LogP contribution in [0.15, 0.2) is 29.1 Å². The predicted molar refractivity (Wildman–Crippen MR) is 106 cm³/mol. The number of benzene rings is 1. The Morgan fingerprint density at radius 1 is 1.27 bits per heavy atom. The van der Waals surface area contributed by atoms with Crippen molar-refractivity contribution < 1.29 is 4.79 Å². The number of carbonyl (C=O) groups is 1. The molecule has 0 unspecified atom stereocenters. The van der Waals surface area contributed by atoms with Gasteiger partial charge in [0.25, 0.3) is 5.56 Å². The number of para-hydroxylation sites is 1. The molecule has 1 amide bonds. The fourth-order valence-electron chi connectivity index (χ4n) is 3.53. The number of aromatic nitrogens is 2. The molecule has 140 valence electrons. The number of likely N-dealkylation sites (tertiary alicyclic amines) is 1. The van der Waals surface area contributed by atoms with Gasteiger partial charge >= 0.3 is 0 Å². The van der Waals surface area contributed by atoms with Crippen LogP contribution in [0.1, 0.15) is 32.6 Å². The number of aromatic amines is 1. The van der Waals surface area contributed by atoms with Gasteiger partial charge in [-0.1, -0.05) is 19.1 Å². The van der Waals surface area contributed by atoms with Crippen LogP contribution in [-0.4, -0.2) is 46.0 Å². The second kappa shape index (κ2) is 8.60. The van der Waals surface area contributed by atoms with Crippen molar-refractivity contribution >= 4 is 29.0 Å². The summed E-state index contributed by atoms with van der Waals surface area (Å²) in [7, 11) is 0. The molecule has 2 heterocycles. The maximum atomic E-state index is 12.6. The van der Waals surface area contributed by atoms with Crippen molar-refractivity contribution in [2.75, 3.05) is 19.6 Å². The predicted octanol–water partition coefficient (Wildman–Crippen LogP) is 2.44. The molecule has 0 atom stereocenters. The van der Waals surface area contributed by atoms with Gasteiger partial charge in [-0.25, -0.2) is 0 Å². The van der Waals surface area contributed by atoms with Gasteiger partial charge in [-0.15, -0.1) is 0 Å². The summed E-state index contributed by atoms with van der Waals surface area (Å²) in [4.78, 5) is 30.4. The van der Waals surface area contributed by atoms with Crippen molar-refractivity contribution in [1.82, 2.24) is 19.8 Å². The van der Waals surface area contributed by atoms with Crippen LogP contribution in [0, 0.1) is 4.77 Å². The summed E-state index contributed by atoms with van der Waals surface area (Å²) in [5.74, 6) is -0.0200. The second-order valence-electron chi connectivity index (χ2n) is 6.87. The minimum absolute atomic E-state index is 0.0200. The molecule has 1 aromatic heterocycles. The molecule has 1 saturated heterocycles. The summed E-state index contributed by atoms with van der Waals surface area (Å²) in [6.45, 7) is 5.68. The fraction of sp³-hybridized carbons (Fsp3) is 0.526. The molecule has 1 aliphatic heterocycles. The third kappa shape index (κ3) is 4.40. The molecule has 7 heteroatoms. The molecule has 0 spiro atoms. The Hall–Kier alpha value is -1.99. The van der Waals surface area contributed by atoms with Gasteiger partial charge in [0.05, 0.1) is 10.9 Å². The van der Waals surface area contributed by atoms with E-state index in [-0.39, 0.29) is 23.9 Å². The van der Waals surface area contributed by atoms with Gasteiger partial charge in [0, 0.05) is 32.1 Å². The van der Waals surface area contributed by atoms with E-state index in [0.717, 1.165) is 44.4 Å². The van der Waals surface area contributed by atoms with Crippen LogP contribution < -0.4 is 10.9 Å². The molecular weight excluding hydrogens is 348 g/mol. The number of carbonyl (C=O) groups excluding carboxylic acids is 1. The van der Waals surface area contributed by atoms with E-state index in [0.29, 0.717) is 16.7 Å². The zero-order valence-electron chi connectivity index (χ0n) is 15.2. The van der Waals surface area contributed by atoms with Crippen LogP contribution in [0.4, 0.5) is 0 Å². The maximum absolute atomic E-state index is 12.6. The van der Waals surface area contributed by atoms with Crippen molar-refractivity contribution in [2.45, 2.75) is 45.2 Å². The van der Waals surface area contributed by atoms with Gasteiger partial charge in [-0.2, -0.15) is 0 Å². The van der Waals surface area contributed by atoms with E-state index in [2.05, 4.69) is 22.1 Å². The topological polar surface area (TPSA) is 70.1 Å².